The summed E-state index contributed by atoms with van der Waals surface area (Å²) in [7, 11) is 0. The van der Waals surface area contributed by atoms with E-state index in [9.17, 15) is 0 Å². The van der Waals surface area contributed by atoms with Crippen LogP contribution in [0, 0.1) is 6.92 Å². The molecule has 0 unspecified atom stereocenters. The maximum atomic E-state index is 6.07. The minimum absolute atomic E-state index is 0.710. The van der Waals surface area contributed by atoms with Gasteiger partial charge in [0.25, 0.3) is 0 Å². The van der Waals surface area contributed by atoms with Crippen LogP contribution in [0.2, 0.25) is 5.02 Å². The summed E-state index contributed by atoms with van der Waals surface area (Å²) < 4.78 is 0. The van der Waals surface area contributed by atoms with Gasteiger partial charge >= 0.3 is 0 Å². The van der Waals surface area contributed by atoms with Crippen molar-refractivity contribution in [1.82, 2.24) is 4.98 Å². The number of nitrogens with zero attached hydrogens (tertiary/aromatic N) is 2. The molecule has 4 aromatic rings. The maximum Gasteiger partial charge on any atom is 0.204 e. The van der Waals surface area contributed by atoms with Gasteiger partial charge in [-0.2, -0.15) is 5.10 Å². The minimum Gasteiger partial charge on any atom is -0.252 e. The highest BCUT2D eigenvalue weighted by molar-refractivity contribution is 7.19. The van der Waals surface area contributed by atoms with Crippen LogP contribution < -0.4 is 5.43 Å². The molecule has 0 spiro atoms. The van der Waals surface area contributed by atoms with Gasteiger partial charge in [-0.25, -0.2) is 4.98 Å². The number of anilines is 1. The van der Waals surface area contributed by atoms with Gasteiger partial charge in [-0.15, -0.1) is 0 Å². The van der Waals surface area contributed by atoms with Crippen molar-refractivity contribution in [1.29, 1.82) is 0 Å². The van der Waals surface area contributed by atoms with E-state index in [1.54, 1.807) is 11.3 Å². The molecule has 1 aromatic heterocycles. The Morgan fingerprint density at radius 3 is 2.28 bits per heavy atom. The number of hydrogen-bond donors (Lipinski definition) is 1. The summed E-state index contributed by atoms with van der Waals surface area (Å²) in [4.78, 5) is 5.92. The van der Waals surface area contributed by atoms with Gasteiger partial charge in [0.15, 0.2) is 0 Å². The van der Waals surface area contributed by atoms with Gasteiger partial charge in [-0.05, 0) is 37.1 Å². The zero-order chi connectivity index (χ0) is 20.2. The van der Waals surface area contributed by atoms with Crippen LogP contribution in [-0.2, 0) is 0 Å². The quantitative estimate of drug-likeness (QED) is 0.273. The average Bonchev–Trinajstić information content (AvgIpc) is 3.18. The fourth-order valence-electron chi connectivity index (χ4n) is 2.95. The summed E-state index contributed by atoms with van der Waals surface area (Å²) >= 11 is 7.65. The molecule has 0 aliphatic heterocycles. The number of aromatic nitrogens is 1. The van der Waals surface area contributed by atoms with Crippen molar-refractivity contribution >= 4 is 33.8 Å². The van der Waals surface area contributed by atoms with Crippen molar-refractivity contribution in [3.05, 3.63) is 95.0 Å². The number of aryl methyl sites for hydroxylation is 1. The van der Waals surface area contributed by atoms with Gasteiger partial charge in [-0.3, -0.25) is 5.43 Å². The second kappa shape index (κ2) is 8.60. The summed E-state index contributed by atoms with van der Waals surface area (Å²) in [5.74, 6) is 0. The maximum absolute atomic E-state index is 6.07. The van der Waals surface area contributed by atoms with Crippen molar-refractivity contribution < 1.29 is 0 Å². The van der Waals surface area contributed by atoms with Crippen LogP contribution in [0.1, 0.15) is 18.1 Å². The Bertz CT molecular complexity index is 1130. The number of nitrogens with one attached hydrogen (secondary N) is 1. The summed E-state index contributed by atoms with van der Waals surface area (Å²) in [5, 5.41) is 6.00. The third kappa shape index (κ3) is 4.56. The van der Waals surface area contributed by atoms with Crippen molar-refractivity contribution in [2.45, 2.75) is 13.8 Å². The first kappa shape index (κ1) is 19.4. The molecule has 0 fully saturated rings. The molecule has 0 aliphatic rings. The molecule has 0 aliphatic carbocycles. The molecular weight excluding hydrogens is 398 g/mol. The van der Waals surface area contributed by atoms with Gasteiger partial charge in [0, 0.05) is 10.6 Å². The molecule has 0 bridgehead atoms. The highest BCUT2D eigenvalue weighted by Crippen LogP contribution is 2.39. The van der Waals surface area contributed by atoms with Crippen LogP contribution in [0.25, 0.3) is 21.7 Å². The summed E-state index contributed by atoms with van der Waals surface area (Å²) in [6, 6.07) is 26.4. The first-order chi connectivity index (χ1) is 14.1. The lowest BCUT2D eigenvalue weighted by Gasteiger charge is -2.02. The van der Waals surface area contributed by atoms with Crippen LogP contribution in [-0.4, -0.2) is 10.7 Å². The zero-order valence-electron chi connectivity index (χ0n) is 16.2. The van der Waals surface area contributed by atoms with E-state index in [0.29, 0.717) is 5.02 Å². The average molecular weight is 418 g/mol. The van der Waals surface area contributed by atoms with E-state index in [4.69, 9.17) is 16.6 Å². The predicted octanol–water partition coefficient (Wildman–Crippen LogP) is 7.28. The molecule has 3 nitrogen and oxygen atoms in total. The van der Waals surface area contributed by atoms with Crippen molar-refractivity contribution in [2.75, 3.05) is 5.43 Å². The van der Waals surface area contributed by atoms with Crippen LogP contribution in [0.5, 0.6) is 0 Å². The fourth-order valence-corrected chi connectivity index (χ4v) is 4.01. The first-order valence-electron chi connectivity index (χ1n) is 9.30. The molecule has 144 valence electrons. The van der Waals surface area contributed by atoms with Gasteiger partial charge in [0.2, 0.25) is 5.13 Å². The van der Waals surface area contributed by atoms with Crippen molar-refractivity contribution in [3.63, 3.8) is 0 Å². The van der Waals surface area contributed by atoms with Crippen LogP contribution in [0.3, 0.4) is 0 Å². The third-order valence-electron chi connectivity index (χ3n) is 4.57. The van der Waals surface area contributed by atoms with Gasteiger partial charge in [-0.1, -0.05) is 95.2 Å². The van der Waals surface area contributed by atoms with Crippen molar-refractivity contribution in [3.8, 4) is 21.7 Å². The number of hydrogen-bond acceptors (Lipinski definition) is 4. The van der Waals surface area contributed by atoms with Crippen LogP contribution in [0.15, 0.2) is 84.0 Å². The number of rotatable bonds is 5. The molecule has 0 amide bonds. The van der Waals surface area contributed by atoms with Gasteiger partial charge in [0.1, 0.15) is 0 Å². The Morgan fingerprint density at radius 2 is 1.59 bits per heavy atom. The second-order valence-electron chi connectivity index (χ2n) is 6.74. The first-order valence-corrected chi connectivity index (χ1v) is 10.5. The number of hydrazone groups is 1. The molecule has 1 heterocycles. The fraction of sp³-hybridized carbons (Fsp3) is 0.0833. The smallest absolute Gasteiger partial charge is 0.204 e. The summed E-state index contributed by atoms with van der Waals surface area (Å²) in [6.07, 6.45) is 0. The van der Waals surface area contributed by atoms with Crippen molar-refractivity contribution in [2.24, 2.45) is 5.10 Å². The van der Waals surface area contributed by atoms with E-state index in [1.807, 2.05) is 49.4 Å². The Hall–Kier alpha value is -2.95. The minimum atomic E-state index is 0.710. The van der Waals surface area contributed by atoms with E-state index in [-0.39, 0.29) is 0 Å². The number of thiazole rings is 1. The standard InChI is InChI=1S/C24H20ClN3S/c1-16-8-10-18(11-9-16)17(2)27-28-24-26-22(19-12-14-21(25)15-13-19)23(29-24)20-6-4-3-5-7-20/h3-15H,1-2H3,(H,26,28)/b27-17-. The molecule has 0 atom stereocenters. The Morgan fingerprint density at radius 1 is 0.897 bits per heavy atom. The second-order valence-corrected chi connectivity index (χ2v) is 8.18. The lowest BCUT2D eigenvalue weighted by Crippen LogP contribution is -1.99. The lowest BCUT2D eigenvalue weighted by atomic mass is 10.1. The lowest BCUT2D eigenvalue weighted by molar-refractivity contribution is 1.27. The van der Waals surface area contributed by atoms with Gasteiger partial charge in [0.05, 0.1) is 16.3 Å². The van der Waals surface area contributed by atoms with E-state index in [0.717, 1.165) is 38.1 Å². The number of benzene rings is 3. The summed E-state index contributed by atoms with van der Waals surface area (Å²) in [5.41, 5.74) is 9.44. The molecule has 0 radical (unpaired) electrons. The van der Waals surface area contributed by atoms with Crippen LogP contribution in [0.4, 0.5) is 5.13 Å². The Kier molecular flexibility index (Phi) is 5.74. The van der Waals surface area contributed by atoms with Crippen LogP contribution >= 0.6 is 22.9 Å². The molecule has 29 heavy (non-hydrogen) atoms. The summed E-state index contributed by atoms with van der Waals surface area (Å²) in [6.45, 7) is 4.07. The normalized spacial score (nSPS) is 11.5. The number of halogens is 1. The molecule has 0 saturated carbocycles. The van der Waals surface area contributed by atoms with E-state index < -0.39 is 0 Å². The molecule has 0 saturated heterocycles. The van der Waals surface area contributed by atoms with E-state index in [2.05, 4.69) is 53.8 Å². The largest absolute Gasteiger partial charge is 0.252 e. The zero-order valence-corrected chi connectivity index (χ0v) is 17.8. The SMILES string of the molecule is C/C(=N/Nc1nc(-c2ccc(Cl)cc2)c(-c2ccccc2)s1)c1ccc(C)cc1. The van der Waals surface area contributed by atoms with E-state index >= 15 is 0 Å². The predicted molar refractivity (Wildman–Crippen MR) is 125 cm³/mol. The van der Waals surface area contributed by atoms with Gasteiger partial charge < -0.3 is 0 Å². The highest BCUT2D eigenvalue weighted by atomic mass is 35.5. The molecule has 5 heteroatoms. The topological polar surface area (TPSA) is 37.3 Å². The highest BCUT2D eigenvalue weighted by Gasteiger charge is 2.15. The Balaban J connectivity index is 1.68. The third-order valence-corrected chi connectivity index (χ3v) is 5.83. The molecular formula is C24H20ClN3S. The monoisotopic (exact) mass is 417 g/mol. The molecule has 4 rings (SSSR count). The molecule has 3 aromatic carbocycles. The molecule has 1 N–H and O–H groups in total. The Labute approximate surface area is 179 Å². The van der Waals surface area contributed by atoms with E-state index in [1.165, 1.54) is 5.56 Å².